The highest BCUT2D eigenvalue weighted by Crippen LogP contribution is 2.28. The lowest BCUT2D eigenvalue weighted by molar-refractivity contribution is -0.419. The van der Waals surface area contributed by atoms with Crippen LogP contribution in [-0.2, 0) is 9.59 Å². The Morgan fingerprint density at radius 3 is 2.46 bits per heavy atom. The Hall–Kier alpha value is -3.62. The number of nitrogens with one attached hydrogen (secondary N) is 1. The standard InChI is InChI=1S/C17H17N3O6/c1-19(2)14-6-4-3-5-11(14)7-8-17(16(23)24)13(15(21)22)9-12(10-18-17)20(25)26/h3-10,18H,1-2H3,(H,21,22)(H,23,24)/b8-7+. The van der Waals surface area contributed by atoms with Crippen molar-refractivity contribution in [2.24, 2.45) is 0 Å². The molecule has 1 unspecified atom stereocenters. The summed E-state index contributed by atoms with van der Waals surface area (Å²) in [5.74, 6) is -3.07. The van der Waals surface area contributed by atoms with Crippen molar-refractivity contribution in [1.82, 2.24) is 5.32 Å². The van der Waals surface area contributed by atoms with Gasteiger partial charge in [-0.15, -0.1) is 0 Å². The Kier molecular flexibility index (Phi) is 5.11. The predicted molar refractivity (Wildman–Crippen MR) is 94.1 cm³/mol. The maximum atomic E-state index is 11.9. The topological polar surface area (TPSA) is 133 Å². The molecule has 0 spiro atoms. The van der Waals surface area contributed by atoms with Crippen molar-refractivity contribution in [2.75, 3.05) is 19.0 Å². The third kappa shape index (κ3) is 3.41. The molecule has 0 saturated heterocycles. The van der Waals surface area contributed by atoms with E-state index in [9.17, 15) is 29.9 Å². The first kappa shape index (κ1) is 18.7. The average Bonchev–Trinajstić information content (AvgIpc) is 2.59. The Morgan fingerprint density at radius 1 is 1.27 bits per heavy atom. The molecule has 136 valence electrons. The van der Waals surface area contributed by atoms with Crippen molar-refractivity contribution in [3.8, 4) is 0 Å². The number of carboxylic acids is 2. The minimum Gasteiger partial charge on any atom is -0.479 e. The molecule has 0 bridgehead atoms. The molecule has 1 aromatic rings. The SMILES string of the molecule is CN(C)c1ccccc1/C=C/C1(C(=O)O)NC=C([N+](=O)[O-])C=C1C(=O)O. The molecule has 1 heterocycles. The molecule has 0 fully saturated rings. The number of anilines is 1. The van der Waals surface area contributed by atoms with Gasteiger partial charge in [-0.2, -0.15) is 0 Å². The van der Waals surface area contributed by atoms with Crippen molar-refractivity contribution in [1.29, 1.82) is 0 Å². The zero-order valence-electron chi connectivity index (χ0n) is 14.0. The number of carboxylic acid groups (broad SMARTS) is 2. The van der Waals surface area contributed by atoms with Gasteiger partial charge in [-0.25, -0.2) is 9.59 Å². The second-order valence-corrected chi connectivity index (χ2v) is 5.73. The fraction of sp³-hybridized carbons (Fsp3) is 0.176. The van der Waals surface area contributed by atoms with E-state index in [1.165, 1.54) is 12.2 Å². The number of carbonyl (C=O) groups is 2. The lowest BCUT2D eigenvalue weighted by Crippen LogP contribution is -2.53. The van der Waals surface area contributed by atoms with Crippen LogP contribution in [0.2, 0.25) is 0 Å². The van der Waals surface area contributed by atoms with Crippen LogP contribution in [-0.4, -0.2) is 46.7 Å². The highest BCUT2D eigenvalue weighted by molar-refractivity contribution is 6.02. The second-order valence-electron chi connectivity index (χ2n) is 5.73. The quantitative estimate of drug-likeness (QED) is 0.512. The number of rotatable bonds is 6. The number of allylic oxidation sites excluding steroid dienone is 1. The van der Waals surface area contributed by atoms with Gasteiger partial charge in [0.15, 0.2) is 5.54 Å². The summed E-state index contributed by atoms with van der Waals surface area (Å²) in [6.07, 6.45) is 4.26. The molecule has 1 aromatic carbocycles. The lowest BCUT2D eigenvalue weighted by atomic mass is 9.86. The smallest absolute Gasteiger partial charge is 0.338 e. The maximum Gasteiger partial charge on any atom is 0.338 e. The van der Waals surface area contributed by atoms with Gasteiger partial charge >= 0.3 is 11.9 Å². The van der Waals surface area contributed by atoms with Crippen LogP contribution in [0.25, 0.3) is 6.08 Å². The Morgan fingerprint density at radius 2 is 1.92 bits per heavy atom. The minimum atomic E-state index is -2.13. The summed E-state index contributed by atoms with van der Waals surface area (Å²) in [6.45, 7) is 0. The highest BCUT2D eigenvalue weighted by atomic mass is 16.6. The van der Waals surface area contributed by atoms with E-state index in [0.717, 1.165) is 18.0 Å². The zero-order chi connectivity index (χ0) is 19.5. The summed E-state index contributed by atoms with van der Waals surface area (Å²) in [6, 6.07) is 7.13. The van der Waals surface area contributed by atoms with Crippen LogP contribution in [0.1, 0.15) is 5.56 Å². The monoisotopic (exact) mass is 359 g/mol. The maximum absolute atomic E-state index is 11.9. The average molecular weight is 359 g/mol. The van der Waals surface area contributed by atoms with Gasteiger partial charge in [0.05, 0.1) is 16.7 Å². The molecule has 9 heteroatoms. The van der Waals surface area contributed by atoms with E-state index in [2.05, 4.69) is 5.32 Å². The van der Waals surface area contributed by atoms with Gasteiger partial charge in [0.2, 0.25) is 0 Å². The fourth-order valence-electron chi connectivity index (χ4n) is 2.54. The first-order valence-corrected chi connectivity index (χ1v) is 7.45. The third-order valence-electron chi connectivity index (χ3n) is 3.87. The molecule has 3 N–H and O–H groups in total. The van der Waals surface area contributed by atoms with Crippen LogP contribution in [0, 0.1) is 10.1 Å². The second kappa shape index (κ2) is 7.09. The molecule has 1 aliphatic heterocycles. The molecule has 0 radical (unpaired) electrons. The Balaban J connectivity index is 2.56. The predicted octanol–water partition coefficient (Wildman–Crippen LogP) is 1.32. The third-order valence-corrected chi connectivity index (χ3v) is 3.87. The molecule has 1 atom stereocenters. The molecule has 1 aliphatic rings. The van der Waals surface area contributed by atoms with Gasteiger partial charge in [-0.3, -0.25) is 10.1 Å². The molecule has 0 saturated carbocycles. The van der Waals surface area contributed by atoms with Gasteiger partial charge in [0.25, 0.3) is 5.70 Å². The summed E-state index contributed by atoms with van der Waals surface area (Å²) in [5, 5.41) is 32.3. The van der Waals surface area contributed by atoms with Gasteiger partial charge in [-0.1, -0.05) is 24.3 Å². The number of nitro groups is 1. The van der Waals surface area contributed by atoms with E-state index in [4.69, 9.17) is 0 Å². The molecule has 9 nitrogen and oxygen atoms in total. The number of para-hydroxylation sites is 1. The Labute approximate surface area is 148 Å². The first-order valence-electron chi connectivity index (χ1n) is 7.45. The van der Waals surface area contributed by atoms with Crippen LogP contribution in [0.4, 0.5) is 5.69 Å². The molecule has 0 amide bonds. The number of aliphatic carboxylic acids is 2. The molecular weight excluding hydrogens is 342 g/mol. The summed E-state index contributed by atoms with van der Waals surface area (Å²) < 4.78 is 0. The minimum absolute atomic E-state index is 0.540. The summed E-state index contributed by atoms with van der Waals surface area (Å²) >= 11 is 0. The zero-order valence-corrected chi connectivity index (χ0v) is 14.0. The molecular formula is C17H17N3O6. The van der Waals surface area contributed by atoms with E-state index >= 15 is 0 Å². The van der Waals surface area contributed by atoms with E-state index in [-0.39, 0.29) is 0 Å². The largest absolute Gasteiger partial charge is 0.479 e. The number of benzene rings is 1. The van der Waals surface area contributed by atoms with Crippen LogP contribution < -0.4 is 10.2 Å². The normalized spacial score (nSPS) is 19.3. The number of nitrogens with zero attached hydrogens (tertiary/aromatic N) is 2. The molecule has 0 aliphatic carbocycles. The van der Waals surface area contributed by atoms with Gasteiger partial charge in [-0.05, 0) is 17.7 Å². The van der Waals surface area contributed by atoms with Crippen LogP contribution in [0.5, 0.6) is 0 Å². The van der Waals surface area contributed by atoms with Crippen LogP contribution in [0.3, 0.4) is 0 Å². The van der Waals surface area contributed by atoms with Gasteiger partial charge in [0.1, 0.15) is 0 Å². The van der Waals surface area contributed by atoms with Gasteiger partial charge in [0, 0.05) is 25.9 Å². The summed E-state index contributed by atoms with van der Waals surface area (Å²) in [5.41, 5.74) is -1.87. The van der Waals surface area contributed by atoms with E-state index in [0.29, 0.717) is 5.56 Å². The van der Waals surface area contributed by atoms with Crippen molar-refractivity contribution >= 4 is 23.7 Å². The molecule has 2 rings (SSSR count). The summed E-state index contributed by atoms with van der Waals surface area (Å²) in [4.78, 5) is 35.4. The van der Waals surface area contributed by atoms with Crippen LogP contribution >= 0.6 is 0 Å². The van der Waals surface area contributed by atoms with E-state index in [1.54, 1.807) is 12.1 Å². The number of hydrogen-bond donors (Lipinski definition) is 3. The highest BCUT2D eigenvalue weighted by Gasteiger charge is 2.46. The molecule has 0 aromatic heterocycles. The van der Waals surface area contributed by atoms with Crippen molar-refractivity contribution < 1.29 is 24.7 Å². The fourth-order valence-corrected chi connectivity index (χ4v) is 2.54. The van der Waals surface area contributed by atoms with Crippen molar-refractivity contribution in [3.63, 3.8) is 0 Å². The lowest BCUT2D eigenvalue weighted by Gasteiger charge is -2.29. The van der Waals surface area contributed by atoms with E-state index in [1.807, 2.05) is 31.1 Å². The Bertz CT molecular complexity index is 856. The van der Waals surface area contributed by atoms with Crippen LogP contribution in [0.15, 0.2) is 53.9 Å². The number of hydrogen-bond acceptors (Lipinski definition) is 6. The van der Waals surface area contributed by atoms with Gasteiger partial charge < -0.3 is 20.4 Å². The van der Waals surface area contributed by atoms with Crippen molar-refractivity contribution in [3.05, 3.63) is 69.6 Å². The number of dihydropyridines is 1. The van der Waals surface area contributed by atoms with Crippen molar-refractivity contribution in [2.45, 2.75) is 5.54 Å². The first-order chi connectivity index (χ1) is 12.2. The molecule has 26 heavy (non-hydrogen) atoms. The summed E-state index contributed by atoms with van der Waals surface area (Å²) in [7, 11) is 3.63. The van der Waals surface area contributed by atoms with E-state index < -0.39 is 33.7 Å².